The highest BCUT2D eigenvalue weighted by atomic mass is 16.1. The van der Waals surface area contributed by atoms with Crippen LogP contribution in [-0.4, -0.2) is 15.9 Å². The SMILES string of the molecule is Cc1ccccc1CC(=O)Nc1ccc(-c2ncc[nH]2)cc1. The van der Waals surface area contributed by atoms with Crippen LogP contribution in [0.4, 0.5) is 5.69 Å². The van der Waals surface area contributed by atoms with E-state index in [0.29, 0.717) is 6.42 Å². The van der Waals surface area contributed by atoms with Gasteiger partial charge in [0, 0.05) is 23.6 Å². The molecular formula is C18H17N3O. The topological polar surface area (TPSA) is 57.8 Å². The first-order valence-corrected chi connectivity index (χ1v) is 7.16. The van der Waals surface area contributed by atoms with E-state index in [1.54, 1.807) is 12.4 Å². The third kappa shape index (κ3) is 3.23. The molecule has 1 amide bonds. The lowest BCUT2D eigenvalue weighted by Crippen LogP contribution is -2.14. The average molecular weight is 291 g/mol. The van der Waals surface area contributed by atoms with E-state index in [1.165, 1.54) is 0 Å². The van der Waals surface area contributed by atoms with Crippen molar-refractivity contribution in [2.75, 3.05) is 5.32 Å². The number of nitrogens with one attached hydrogen (secondary N) is 2. The van der Waals surface area contributed by atoms with Gasteiger partial charge in [0.2, 0.25) is 5.91 Å². The van der Waals surface area contributed by atoms with Gasteiger partial charge in [0.1, 0.15) is 5.82 Å². The summed E-state index contributed by atoms with van der Waals surface area (Å²) in [4.78, 5) is 19.4. The molecule has 3 rings (SSSR count). The van der Waals surface area contributed by atoms with Crippen molar-refractivity contribution < 1.29 is 4.79 Å². The van der Waals surface area contributed by atoms with Gasteiger partial charge in [-0.05, 0) is 42.3 Å². The summed E-state index contributed by atoms with van der Waals surface area (Å²) in [5.74, 6) is 0.804. The summed E-state index contributed by atoms with van der Waals surface area (Å²) >= 11 is 0. The number of hydrogen-bond acceptors (Lipinski definition) is 2. The Kier molecular flexibility index (Phi) is 4.01. The van der Waals surface area contributed by atoms with E-state index >= 15 is 0 Å². The Labute approximate surface area is 129 Å². The molecule has 2 N–H and O–H groups in total. The molecule has 4 heteroatoms. The number of nitrogens with zero attached hydrogens (tertiary/aromatic N) is 1. The fourth-order valence-electron chi connectivity index (χ4n) is 2.32. The van der Waals surface area contributed by atoms with Crippen molar-refractivity contribution in [2.24, 2.45) is 0 Å². The van der Waals surface area contributed by atoms with E-state index in [4.69, 9.17) is 0 Å². The number of hydrogen-bond donors (Lipinski definition) is 2. The average Bonchev–Trinajstić information content (AvgIpc) is 3.05. The van der Waals surface area contributed by atoms with Crippen LogP contribution in [0.5, 0.6) is 0 Å². The lowest BCUT2D eigenvalue weighted by molar-refractivity contribution is -0.115. The van der Waals surface area contributed by atoms with Gasteiger partial charge in [-0.1, -0.05) is 24.3 Å². The molecule has 22 heavy (non-hydrogen) atoms. The molecule has 1 aromatic heterocycles. The first-order chi connectivity index (χ1) is 10.7. The number of aryl methyl sites for hydroxylation is 1. The lowest BCUT2D eigenvalue weighted by atomic mass is 10.1. The fraction of sp³-hybridized carbons (Fsp3) is 0.111. The van der Waals surface area contributed by atoms with Gasteiger partial charge in [0.05, 0.1) is 6.42 Å². The second-order valence-electron chi connectivity index (χ2n) is 5.17. The minimum Gasteiger partial charge on any atom is -0.345 e. The van der Waals surface area contributed by atoms with Crippen LogP contribution in [0.25, 0.3) is 11.4 Å². The predicted octanol–water partition coefficient (Wildman–Crippen LogP) is 3.57. The highest BCUT2D eigenvalue weighted by molar-refractivity contribution is 5.92. The summed E-state index contributed by atoms with van der Waals surface area (Å²) in [7, 11) is 0. The molecule has 0 saturated heterocycles. The molecule has 0 spiro atoms. The van der Waals surface area contributed by atoms with E-state index in [2.05, 4.69) is 15.3 Å². The van der Waals surface area contributed by atoms with Crippen molar-refractivity contribution in [3.05, 3.63) is 72.1 Å². The molecular weight excluding hydrogens is 274 g/mol. The normalized spacial score (nSPS) is 10.4. The molecule has 0 bridgehead atoms. The first kappa shape index (κ1) is 14.1. The maximum absolute atomic E-state index is 12.1. The number of carbonyl (C=O) groups excluding carboxylic acids is 1. The second kappa shape index (κ2) is 6.26. The number of carbonyl (C=O) groups is 1. The zero-order valence-corrected chi connectivity index (χ0v) is 12.3. The van der Waals surface area contributed by atoms with E-state index in [1.807, 2.05) is 55.5 Å². The van der Waals surface area contributed by atoms with Crippen LogP contribution in [0.2, 0.25) is 0 Å². The highest BCUT2D eigenvalue weighted by Gasteiger charge is 2.06. The van der Waals surface area contributed by atoms with Crippen LogP contribution in [-0.2, 0) is 11.2 Å². The van der Waals surface area contributed by atoms with Crippen LogP contribution < -0.4 is 5.32 Å². The van der Waals surface area contributed by atoms with Crippen molar-refractivity contribution in [1.29, 1.82) is 0 Å². The molecule has 0 saturated carbocycles. The minimum atomic E-state index is -0.0138. The molecule has 0 aliphatic heterocycles. The third-order valence-electron chi connectivity index (χ3n) is 3.55. The monoisotopic (exact) mass is 291 g/mol. The van der Waals surface area contributed by atoms with Crippen molar-refractivity contribution in [3.8, 4) is 11.4 Å². The molecule has 2 aromatic carbocycles. The largest absolute Gasteiger partial charge is 0.345 e. The third-order valence-corrected chi connectivity index (χ3v) is 3.55. The smallest absolute Gasteiger partial charge is 0.228 e. The standard InChI is InChI=1S/C18H17N3O/c1-13-4-2-3-5-15(13)12-17(22)21-16-8-6-14(7-9-16)18-19-10-11-20-18/h2-11H,12H2,1H3,(H,19,20)(H,21,22). The number of rotatable bonds is 4. The predicted molar refractivity (Wildman–Crippen MR) is 87.5 cm³/mol. The summed E-state index contributed by atoms with van der Waals surface area (Å²) in [5.41, 5.74) is 3.95. The number of H-pyrrole nitrogens is 1. The first-order valence-electron chi connectivity index (χ1n) is 7.16. The second-order valence-corrected chi connectivity index (χ2v) is 5.17. The zero-order valence-electron chi connectivity index (χ0n) is 12.3. The minimum absolute atomic E-state index is 0.0138. The Morgan fingerprint density at radius 2 is 1.91 bits per heavy atom. The van der Waals surface area contributed by atoms with Crippen molar-refractivity contribution in [2.45, 2.75) is 13.3 Å². The highest BCUT2D eigenvalue weighted by Crippen LogP contribution is 2.18. The van der Waals surface area contributed by atoms with Gasteiger partial charge in [-0.2, -0.15) is 0 Å². The number of aromatic nitrogens is 2. The van der Waals surface area contributed by atoms with Gasteiger partial charge in [0.15, 0.2) is 0 Å². The molecule has 0 aliphatic rings. The van der Waals surface area contributed by atoms with Gasteiger partial charge in [-0.25, -0.2) is 4.98 Å². The number of amides is 1. The molecule has 0 atom stereocenters. The Bertz CT molecular complexity index is 761. The number of benzene rings is 2. The molecule has 4 nitrogen and oxygen atoms in total. The molecule has 3 aromatic rings. The van der Waals surface area contributed by atoms with Gasteiger partial charge < -0.3 is 10.3 Å². The fourth-order valence-corrected chi connectivity index (χ4v) is 2.32. The molecule has 1 heterocycles. The van der Waals surface area contributed by atoms with E-state index in [0.717, 1.165) is 28.2 Å². The number of aromatic amines is 1. The maximum Gasteiger partial charge on any atom is 0.228 e. The lowest BCUT2D eigenvalue weighted by Gasteiger charge is -2.08. The summed E-state index contributed by atoms with van der Waals surface area (Å²) in [6, 6.07) is 15.6. The molecule has 0 aliphatic carbocycles. The van der Waals surface area contributed by atoms with E-state index in [-0.39, 0.29) is 5.91 Å². The molecule has 0 radical (unpaired) electrons. The van der Waals surface area contributed by atoms with Gasteiger partial charge in [0.25, 0.3) is 0 Å². The van der Waals surface area contributed by atoms with E-state index < -0.39 is 0 Å². The summed E-state index contributed by atoms with van der Waals surface area (Å²) in [6.07, 6.45) is 3.88. The van der Waals surface area contributed by atoms with Crippen LogP contribution in [0.15, 0.2) is 60.9 Å². The summed E-state index contributed by atoms with van der Waals surface area (Å²) < 4.78 is 0. The maximum atomic E-state index is 12.1. The van der Waals surface area contributed by atoms with Gasteiger partial charge in [-0.3, -0.25) is 4.79 Å². The molecule has 0 unspecified atom stereocenters. The van der Waals surface area contributed by atoms with E-state index in [9.17, 15) is 4.79 Å². The summed E-state index contributed by atoms with van der Waals surface area (Å²) in [5, 5.41) is 2.92. The number of anilines is 1. The van der Waals surface area contributed by atoms with Crippen molar-refractivity contribution in [3.63, 3.8) is 0 Å². The van der Waals surface area contributed by atoms with Crippen LogP contribution >= 0.6 is 0 Å². The quantitative estimate of drug-likeness (QED) is 0.772. The Morgan fingerprint density at radius 1 is 1.14 bits per heavy atom. The van der Waals surface area contributed by atoms with Crippen LogP contribution in [0.1, 0.15) is 11.1 Å². The van der Waals surface area contributed by atoms with Crippen LogP contribution in [0, 0.1) is 6.92 Å². The Balaban J connectivity index is 1.66. The van der Waals surface area contributed by atoms with Crippen LogP contribution in [0.3, 0.4) is 0 Å². The molecule has 110 valence electrons. The number of imidazole rings is 1. The Morgan fingerprint density at radius 3 is 2.59 bits per heavy atom. The molecule has 0 fully saturated rings. The van der Waals surface area contributed by atoms with Gasteiger partial charge in [-0.15, -0.1) is 0 Å². The Hall–Kier alpha value is -2.88. The summed E-state index contributed by atoms with van der Waals surface area (Å²) in [6.45, 7) is 2.01. The van der Waals surface area contributed by atoms with Gasteiger partial charge >= 0.3 is 0 Å². The zero-order chi connectivity index (χ0) is 15.4. The van der Waals surface area contributed by atoms with Crippen molar-refractivity contribution in [1.82, 2.24) is 9.97 Å². The van der Waals surface area contributed by atoms with Crippen molar-refractivity contribution >= 4 is 11.6 Å².